The predicted molar refractivity (Wildman–Crippen MR) is 108 cm³/mol. The van der Waals surface area contributed by atoms with Gasteiger partial charge < -0.3 is 10.3 Å². The van der Waals surface area contributed by atoms with Crippen LogP contribution in [0.1, 0.15) is 17.3 Å². The molecule has 0 spiro atoms. The van der Waals surface area contributed by atoms with Gasteiger partial charge in [0.25, 0.3) is 0 Å². The summed E-state index contributed by atoms with van der Waals surface area (Å²) in [6.07, 6.45) is 1.01. The second-order valence-electron chi connectivity index (χ2n) is 6.81. The fourth-order valence-electron chi connectivity index (χ4n) is 4.04. The smallest absolute Gasteiger partial charge is 0.0596 e. The van der Waals surface area contributed by atoms with E-state index in [2.05, 4.69) is 52.8 Å². The quantitative estimate of drug-likeness (QED) is 0.572. The van der Waals surface area contributed by atoms with Crippen LogP contribution in [0.25, 0.3) is 21.7 Å². The Hall–Kier alpha value is -2.43. The standard InChI is InChI=1S/C22H20N2OS/c25-26(21-11-5-7-15-6-1-2-8-16(15)21)14-20-22-18(12-13-23-20)17-9-3-4-10-19(17)24-22/h1-11,20,23-24H,12-14H2/t20-,26?/m1/s1. The normalized spacial score (nSPS) is 18.1. The zero-order valence-electron chi connectivity index (χ0n) is 14.4. The van der Waals surface area contributed by atoms with Crippen LogP contribution >= 0.6 is 0 Å². The van der Waals surface area contributed by atoms with Crippen LogP contribution in [0.3, 0.4) is 0 Å². The molecule has 0 amide bonds. The number of H-pyrrole nitrogens is 1. The maximum Gasteiger partial charge on any atom is 0.0596 e. The summed E-state index contributed by atoms with van der Waals surface area (Å²) in [6.45, 7) is 0.923. The lowest BCUT2D eigenvalue weighted by Crippen LogP contribution is -2.33. The molecule has 0 saturated heterocycles. The largest absolute Gasteiger partial charge is 0.357 e. The van der Waals surface area contributed by atoms with E-state index in [9.17, 15) is 4.21 Å². The van der Waals surface area contributed by atoms with Crippen molar-refractivity contribution in [2.45, 2.75) is 17.4 Å². The molecule has 3 aromatic carbocycles. The summed E-state index contributed by atoms with van der Waals surface area (Å²) in [5.41, 5.74) is 3.74. The van der Waals surface area contributed by atoms with Gasteiger partial charge in [0, 0.05) is 27.2 Å². The molecule has 2 atom stereocenters. The molecule has 3 nitrogen and oxygen atoms in total. The first-order chi connectivity index (χ1) is 12.8. The van der Waals surface area contributed by atoms with Gasteiger partial charge in [0.15, 0.2) is 0 Å². The van der Waals surface area contributed by atoms with E-state index in [1.54, 1.807) is 0 Å². The van der Waals surface area contributed by atoms with E-state index in [0.29, 0.717) is 5.75 Å². The third kappa shape index (κ3) is 2.57. The van der Waals surface area contributed by atoms with E-state index in [1.165, 1.54) is 22.2 Å². The second kappa shape index (κ2) is 6.38. The molecule has 130 valence electrons. The van der Waals surface area contributed by atoms with Crippen molar-refractivity contribution in [1.29, 1.82) is 0 Å². The van der Waals surface area contributed by atoms with Crippen LogP contribution in [0, 0.1) is 0 Å². The van der Waals surface area contributed by atoms with Gasteiger partial charge in [0.05, 0.1) is 16.8 Å². The third-order valence-corrected chi connectivity index (χ3v) is 6.76. The highest BCUT2D eigenvalue weighted by molar-refractivity contribution is 7.85. The summed E-state index contributed by atoms with van der Waals surface area (Å²) in [4.78, 5) is 4.49. The summed E-state index contributed by atoms with van der Waals surface area (Å²) in [7, 11) is -1.07. The van der Waals surface area contributed by atoms with E-state index in [1.807, 2.05) is 24.3 Å². The van der Waals surface area contributed by atoms with Crippen molar-refractivity contribution in [2.75, 3.05) is 12.3 Å². The van der Waals surface area contributed by atoms with Crippen LogP contribution in [-0.2, 0) is 17.2 Å². The van der Waals surface area contributed by atoms with E-state index in [0.717, 1.165) is 28.6 Å². The summed E-state index contributed by atoms with van der Waals surface area (Å²) in [6, 6.07) is 22.8. The molecule has 0 radical (unpaired) electrons. The number of benzene rings is 3. The van der Waals surface area contributed by atoms with Crippen molar-refractivity contribution in [3.05, 3.63) is 78.0 Å². The first-order valence-corrected chi connectivity index (χ1v) is 10.3. The molecular weight excluding hydrogens is 340 g/mol. The zero-order valence-corrected chi connectivity index (χ0v) is 15.2. The maximum absolute atomic E-state index is 13.2. The molecule has 0 bridgehead atoms. The van der Waals surface area contributed by atoms with E-state index < -0.39 is 10.8 Å². The molecule has 0 saturated carbocycles. The van der Waals surface area contributed by atoms with Crippen molar-refractivity contribution < 1.29 is 4.21 Å². The molecule has 4 aromatic rings. The van der Waals surface area contributed by atoms with Crippen LogP contribution < -0.4 is 5.32 Å². The molecule has 5 rings (SSSR count). The van der Waals surface area contributed by atoms with Gasteiger partial charge in [-0.15, -0.1) is 0 Å². The molecule has 0 fully saturated rings. The summed E-state index contributed by atoms with van der Waals surface area (Å²) < 4.78 is 13.2. The summed E-state index contributed by atoms with van der Waals surface area (Å²) in [5, 5.41) is 7.08. The van der Waals surface area contributed by atoms with Gasteiger partial charge in [-0.25, -0.2) is 0 Å². The van der Waals surface area contributed by atoms with E-state index in [4.69, 9.17) is 0 Å². The minimum Gasteiger partial charge on any atom is -0.357 e. The Balaban J connectivity index is 1.51. The van der Waals surface area contributed by atoms with Crippen molar-refractivity contribution >= 4 is 32.5 Å². The number of fused-ring (bicyclic) bond motifs is 4. The molecule has 1 aromatic heterocycles. The zero-order chi connectivity index (χ0) is 17.5. The van der Waals surface area contributed by atoms with Crippen LogP contribution in [-0.4, -0.2) is 21.5 Å². The second-order valence-corrected chi connectivity index (χ2v) is 8.27. The van der Waals surface area contributed by atoms with E-state index in [-0.39, 0.29) is 6.04 Å². The van der Waals surface area contributed by atoms with Crippen LogP contribution in [0.15, 0.2) is 71.6 Å². The lowest BCUT2D eigenvalue weighted by Gasteiger charge is -2.24. The Bertz CT molecular complexity index is 1130. The minimum absolute atomic E-state index is 0.0888. The van der Waals surface area contributed by atoms with Gasteiger partial charge in [-0.3, -0.25) is 4.21 Å². The van der Waals surface area contributed by atoms with Crippen molar-refractivity contribution in [3.63, 3.8) is 0 Å². The van der Waals surface area contributed by atoms with Gasteiger partial charge in [-0.1, -0.05) is 54.6 Å². The Morgan fingerprint density at radius 2 is 1.69 bits per heavy atom. The van der Waals surface area contributed by atoms with E-state index >= 15 is 0 Å². The van der Waals surface area contributed by atoms with Crippen LogP contribution in [0.2, 0.25) is 0 Å². The number of aromatic amines is 1. The first-order valence-electron chi connectivity index (χ1n) is 9.00. The van der Waals surface area contributed by atoms with Gasteiger partial charge in [0.1, 0.15) is 0 Å². The average Bonchev–Trinajstić information content (AvgIpc) is 3.07. The SMILES string of the molecule is O=S(C[C@H]1NCCc2c1[nH]c1ccccc21)c1cccc2ccccc12. The molecule has 26 heavy (non-hydrogen) atoms. The summed E-state index contributed by atoms with van der Waals surface area (Å²) >= 11 is 0. The van der Waals surface area contributed by atoms with Gasteiger partial charge >= 0.3 is 0 Å². The van der Waals surface area contributed by atoms with Crippen molar-refractivity contribution in [1.82, 2.24) is 10.3 Å². The van der Waals surface area contributed by atoms with Crippen LogP contribution in [0.5, 0.6) is 0 Å². The molecule has 2 heterocycles. The van der Waals surface area contributed by atoms with Gasteiger partial charge in [-0.05, 0) is 41.4 Å². The lowest BCUT2D eigenvalue weighted by atomic mass is 10.0. The molecule has 2 N–H and O–H groups in total. The van der Waals surface area contributed by atoms with Gasteiger partial charge in [-0.2, -0.15) is 0 Å². The lowest BCUT2D eigenvalue weighted by molar-refractivity contribution is 0.534. The Morgan fingerprint density at radius 1 is 0.923 bits per heavy atom. The number of nitrogens with one attached hydrogen (secondary N) is 2. The summed E-state index contributed by atoms with van der Waals surface area (Å²) in [5.74, 6) is 0.577. The number of hydrogen-bond donors (Lipinski definition) is 2. The molecule has 1 aliphatic rings. The fraction of sp³-hybridized carbons (Fsp3) is 0.182. The monoisotopic (exact) mass is 360 g/mol. The first kappa shape index (κ1) is 15.8. The highest BCUT2D eigenvalue weighted by Crippen LogP contribution is 2.31. The highest BCUT2D eigenvalue weighted by Gasteiger charge is 2.26. The minimum atomic E-state index is -1.07. The van der Waals surface area contributed by atoms with Gasteiger partial charge in [0.2, 0.25) is 0 Å². The van der Waals surface area contributed by atoms with Crippen molar-refractivity contribution in [2.24, 2.45) is 0 Å². The third-order valence-electron chi connectivity index (χ3n) is 5.27. The topological polar surface area (TPSA) is 44.9 Å². The molecule has 0 aliphatic carbocycles. The number of para-hydroxylation sites is 1. The van der Waals surface area contributed by atoms with Crippen molar-refractivity contribution in [3.8, 4) is 0 Å². The molecular formula is C22H20N2OS. The fourth-order valence-corrected chi connectivity index (χ4v) is 5.47. The maximum atomic E-state index is 13.2. The molecule has 1 unspecified atom stereocenters. The predicted octanol–water partition coefficient (Wildman–Crippen LogP) is 4.32. The number of hydrogen-bond acceptors (Lipinski definition) is 2. The number of aromatic nitrogens is 1. The van der Waals surface area contributed by atoms with Crippen LogP contribution in [0.4, 0.5) is 0 Å². The average molecular weight is 360 g/mol. The number of rotatable bonds is 3. The Labute approximate surface area is 154 Å². The Kier molecular flexibility index (Phi) is 3.88. The Morgan fingerprint density at radius 3 is 2.62 bits per heavy atom. The molecule has 1 aliphatic heterocycles. The highest BCUT2D eigenvalue weighted by atomic mass is 32.2. The molecule has 4 heteroatoms.